The van der Waals surface area contributed by atoms with E-state index in [1.165, 1.54) is 0 Å². The number of hydrogen-bond donors (Lipinski definition) is 0. The molecule has 0 N–H and O–H groups in total. The first-order valence-electron chi connectivity index (χ1n) is 9.82. The maximum atomic E-state index is 11.6. The Morgan fingerprint density at radius 1 is 1.00 bits per heavy atom. The molecule has 3 nitrogen and oxygen atoms in total. The lowest BCUT2D eigenvalue weighted by Crippen LogP contribution is -2.11. The highest BCUT2D eigenvalue weighted by Crippen LogP contribution is 2.45. The summed E-state index contributed by atoms with van der Waals surface area (Å²) in [5.41, 5.74) is 4.41. The molecule has 29 heavy (non-hydrogen) atoms. The van der Waals surface area contributed by atoms with Crippen molar-refractivity contribution in [1.82, 2.24) is 0 Å². The van der Waals surface area contributed by atoms with Crippen LogP contribution in [0.4, 0.5) is 0 Å². The lowest BCUT2D eigenvalue weighted by Gasteiger charge is -2.23. The molecular formula is C25H27O3P. The lowest BCUT2D eigenvalue weighted by molar-refractivity contribution is 0.112. The van der Waals surface area contributed by atoms with Gasteiger partial charge in [-0.3, -0.25) is 4.79 Å². The molecule has 0 spiro atoms. The molecule has 3 aromatic rings. The molecule has 2 unspecified atom stereocenters. The predicted molar refractivity (Wildman–Crippen MR) is 121 cm³/mol. The molecule has 3 rings (SSSR count). The fourth-order valence-electron chi connectivity index (χ4n) is 3.41. The number of carbonyl (C=O) groups is 1. The fraction of sp³-hybridized carbons (Fsp3) is 0.240. The van der Waals surface area contributed by atoms with E-state index in [1.807, 2.05) is 42.5 Å². The van der Waals surface area contributed by atoms with Crippen LogP contribution in [0.3, 0.4) is 0 Å². The van der Waals surface area contributed by atoms with Gasteiger partial charge >= 0.3 is 0 Å². The molecular weight excluding hydrogens is 379 g/mol. The molecule has 0 aliphatic heterocycles. The van der Waals surface area contributed by atoms with E-state index in [1.54, 1.807) is 7.11 Å². The van der Waals surface area contributed by atoms with E-state index in [4.69, 9.17) is 9.47 Å². The van der Waals surface area contributed by atoms with Gasteiger partial charge in [0.25, 0.3) is 0 Å². The minimum absolute atomic E-state index is 0.246. The van der Waals surface area contributed by atoms with Crippen molar-refractivity contribution in [2.45, 2.75) is 32.5 Å². The molecule has 0 aliphatic rings. The van der Waals surface area contributed by atoms with E-state index in [0.717, 1.165) is 51.8 Å². The second-order valence-corrected chi connectivity index (χ2v) is 8.40. The molecule has 0 bridgehead atoms. The average molecular weight is 406 g/mol. The van der Waals surface area contributed by atoms with Crippen LogP contribution in [0.25, 0.3) is 0 Å². The van der Waals surface area contributed by atoms with Crippen LogP contribution in [-0.2, 0) is 6.61 Å². The highest BCUT2D eigenvalue weighted by molar-refractivity contribution is 7.48. The average Bonchev–Trinajstić information content (AvgIpc) is 2.77. The van der Waals surface area contributed by atoms with Crippen molar-refractivity contribution in [2.24, 2.45) is 0 Å². The molecule has 0 saturated carbocycles. The lowest BCUT2D eigenvalue weighted by atomic mass is 10.1. The second kappa shape index (κ2) is 10.2. The Balaban J connectivity index is 1.94. The summed E-state index contributed by atoms with van der Waals surface area (Å²) >= 11 is 0. The van der Waals surface area contributed by atoms with Gasteiger partial charge in [-0.25, -0.2) is 0 Å². The van der Waals surface area contributed by atoms with Gasteiger partial charge in [0, 0.05) is 16.8 Å². The highest BCUT2D eigenvalue weighted by atomic mass is 31.1. The maximum Gasteiger partial charge on any atom is 0.165 e. The molecule has 0 aliphatic carbocycles. The SMILES string of the molecule is CCC(Pc1c(C)cccc1C=O)c1cccc(OC)c1OCc1ccccc1. The Kier molecular flexibility index (Phi) is 7.43. The molecule has 4 heteroatoms. The third-order valence-corrected chi connectivity index (χ3v) is 7.03. The van der Waals surface area contributed by atoms with E-state index >= 15 is 0 Å². The summed E-state index contributed by atoms with van der Waals surface area (Å²) in [5, 5.41) is 1.13. The highest BCUT2D eigenvalue weighted by Gasteiger charge is 2.21. The van der Waals surface area contributed by atoms with Gasteiger partial charge < -0.3 is 9.47 Å². The van der Waals surface area contributed by atoms with Gasteiger partial charge in [0.2, 0.25) is 0 Å². The second-order valence-electron chi connectivity index (χ2n) is 6.92. The van der Waals surface area contributed by atoms with Crippen LogP contribution < -0.4 is 14.8 Å². The molecule has 3 aromatic carbocycles. The predicted octanol–water partition coefficient (Wildman–Crippen LogP) is 5.85. The summed E-state index contributed by atoms with van der Waals surface area (Å²) in [6, 6.07) is 22.1. The number of para-hydroxylation sites is 1. The standard InChI is InChI=1S/C25H27O3P/c1-4-23(29-25-18(2)10-8-13-20(25)16-26)21-14-9-15-22(27-3)24(21)28-17-19-11-6-5-7-12-19/h5-16,23,29H,4,17H2,1-3H3. The zero-order chi connectivity index (χ0) is 20.6. The Bertz CT molecular complexity index is 954. The Labute approximate surface area is 174 Å². The minimum Gasteiger partial charge on any atom is -0.493 e. The first-order chi connectivity index (χ1) is 14.2. The van der Waals surface area contributed by atoms with Crippen molar-refractivity contribution >= 4 is 20.2 Å². The minimum atomic E-state index is 0.246. The third-order valence-electron chi connectivity index (χ3n) is 4.99. The molecule has 0 aromatic heterocycles. The molecule has 0 amide bonds. The zero-order valence-electron chi connectivity index (χ0n) is 17.1. The Hall–Kier alpha value is -2.64. The van der Waals surface area contributed by atoms with E-state index in [9.17, 15) is 4.79 Å². The monoisotopic (exact) mass is 406 g/mol. The van der Waals surface area contributed by atoms with Gasteiger partial charge in [-0.2, -0.15) is 0 Å². The van der Waals surface area contributed by atoms with Gasteiger partial charge in [-0.05, 0) is 35.8 Å². The Morgan fingerprint density at radius 3 is 2.45 bits per heavy atom. The van der Waals surface area contributed by atoms with Gasteiger partial charge in [0.1, 0.15) is 6.61 Å². The maximum absolute atomic E-state index is 11.6. The molecule has 0 saturated heterocycles. The molecule has 0 fully saturated rings. The van der Waals surface area contributed by atoms with Crippen molar-refractivity contribution < 1.29 is 14.3 Å². The van der Waals surface area contributed by atoms with Crippen molar-refractivity contribution in [2.75, 3.05) is 7.11 Å². The third kappa shape index (κ3) is 5.05. The van der Waals surface area contributed by atoms with Crippen molar-refractivity contribution in [3.63, 3.8) is 0 Å². The topological polar surface area (TPSA) is 35.5 Å². The van der Waals surface area contributed by atoms with Crippen LogP contribution in [0.1, 0.15) is 46.1 Å². The summed E-state index contributed by atoms with van der Waals surface area (Å²) in [6.07, 6.45) is 1.90. The van der Waals surface area contributed by atoms with E-state index in [-0.39, 0.29) is 5.66 Å². The summed E-state index contributed by atoms with van der Waals surface area (Å²) < 4.78 is 11.9. The summed E-state index contributed by atoms with van der Waals surface area (Å²) in [4.78, 5) is 11.6. The van der Waals surface area contributed by atoms with E-state index < -0.39 is 0 Å². The first kappa shape index (κ1) is 21.1. The quantitative estimate of drug-likeness (QED) is 0.330. The summed E-state index contributed by atoms with van der Waals surface area (Å²) in [5.74, 6) is 1.53. The zero-order valence-corrected chi connectivity index (χ0v) is 18.1. The normalized spacial score (nSPS) is 12.1. The van der Waals surface area contributed by atoms with Crippen LogP contribution in [0.2, 0.25) is 0 Å². The van der Waals surface area contributed by atoms with Crippen LogP contribution >= 0.6 is 8.58 Å². The number of hydrogen-bond acceptors (Lipinski definition) is 3. The van der Waals surface area contributed by atoms with Gasteiger partial charge in [-0.1, -0.05) is 76.2 Å². The number of methoxy groups -OCH3 is 1. The van der Waals surface area contributed by atoms with Crippen LogP contribution in [-0.4, -0.2) is 13.4 Å². The number of rotatable bonds is 9. The fourth-order valence-corrected chi connectivity index (χ4v) is 4.97. The van der Waals surface area contributed by atoms with Gasteiger partial charge in [0.05, 0.1) is 7.11 Å². The van der Waals surface area contributed by atoms with Gasteiger partial charge in [0.15, 0.2) is 17.8 Å². The smallest absolute Gasteiger partial charge is 0.165 e. The molecule has 0 heterocycles. The van der Waals surface area contributed by atoms with Crippen LogP contribution in [0, 0.1) is 6.92 Å². The molecule has 150 valence electrons. The summed E-state index contributed by atoms with van der Waals surface area (Å²) in [6.45, 7) is 4.73. The number of benzene rings is 3. The number of carbonyl (C=O) groups excluding carboxylic acids is 1. The van der Waals surface area contributed by atoms with Gasteiger partial charge in [-0.15, -0.1) is 0 Å². The van der Waals surface area contributed by atoms with Crippen LogP contribution in [0.5, 0.6) is 11.5 Å². The molecule has 0 radical (unpaired) electrons. The largest absolute Gasteiger partial charge is 0.493 e. The number of ether oxygens (including phenoxy) is 2. The Morgan fingerprint density at radius 2 is 1.76 bits per heavy atom. The van der Waals surface area contributed by atoms with Crippen molar-refractivity contribution in [3.05, 3.63) is 89.0 Å². The first-order valence-corrected chi connectivity index (χ1v) is 10.9. The molecule has 2 atom stereocenters. The number of aryl methyl sites for hydroxylation is 1. The summed E-state index contributed by atoms with van der Waals surface area (Å²) in [7, 11) is 2.15. The number of aldehydes is 1. The van der Waals surface area contributed by atoms with Crippen molar-refractivity contribution in [1.29, 1.82) is 0 Å². The van der Waals surface area contributed by atoms with Crippen molar-refractivity contribution in [3.8, 4) is 11.5 Å². The van der Waals surface area contributed by atoms with Crippen LogP contribution in [0.15, 0.2) is 66.7 Å². The van der Waals surface area contributed by atoms with E-state index in [0.29, 0.717) is 15.2 Å². The van der Waals surface area contributed by atoms with E-state index in [2.05, 4.69) is 38.1 Å².